The highest BCUT2D eigenvalue weighted by Crippen LogP contribution is 2.43. The highest BCUT2D eigenvalue weighted by Gasteiger charge is 2.19. The Bertz CT molecular complexity index is 867. The first-order valence-electron chi connectivity index (χ1n) is 9.77. The van der Waals surface area contributed by atoms with Crippen molar-refractivity contribution >= 4 is 37.2 Å². The topological polar surface area (TPSA) is 58.6 Å². The van der Waals surface area contributed by atoms with Gasteiger partial charge in [0.25, 0.3) is 0 Å². The minimum atomic E-state index is -1.16. The molecule has 5 nitrogen and oxygen atoms in total. The molecule has 0 aliphatic carbocycles. The summed E-state index contributed by atoms with van der Waals surface area (Å²) in [6, 6.07) is 9.99. The third-order valence-electron chi connectivity index (χ3n) is 4.26. The van der Waals surface area contributed by atoms with Crippen LogP contribution in [-0.2, 0) is 9.05 Å². The van der Waals surface area contributed by atoms with Crippen molar-refractivity contribution in [2.75, 3.05) is 31.3 Å². The normalized spacial score (nSPS) is 13.8. The van der Waals surface area contributed by atoms with Gasteiger partial charge in [0.15, 0.2) is 13.1 Å². The van der Waals surface area contributed by atoms with E-state index in [0.29, 0.717) is 24.2 Å². The highest BCUT2D eigenvalue weighted by molar-refractivity contribution is 7.71. The number of rotatable bonds is 10. The van der Waals surface area contributed by atoms with E-state index < -0.39 is 8.38 Å². The molecular weight excluding hydrogens is 379 g/mol. The summed E-state index contributed by atoms with van der Waals surface area (Å²) in [5.41, 5.74) is 2.72. The van der Waals surface area contributed by atoms with Crippen LogP contribution < -0.4 is 4.90 Å². The van der Waals surface area contributed by atoms with Gasteiger partial charge in [-0.05, 0) is 56.2 Å². The van der Waals surface area contributed by atoms with Gasteiger partial charge in [0.1, 0.15) is 5.58 Å². The van der Waals surface area contributed by atoms with Crippen LogP contribution in [0.2, 0.25) is 0 Å². The maximum atomic E-state index is 8.66. The second kappa shape index (κ2) is 10.7. The lowest BCUT2D eigenvalue weighted by atomic mass is 10.0. The molecular formula is C20H27N2O3PS. The van der Waals surface area contributed by atoms with Crippen LogP contribution in [0.5, 0.6) is 0 Å². The Balaban J connectivity index is 2.38. The summed E-state index contributed by atoms with van der Waals surface area (Å²) < 4.78 is 25.6. The molecule has 0 radical (unpaired) electrons. The predicted octanol–water partition coefficient (Wildman–Crippen LogP) is 6.35. The standard InChI is InChI=1S/C20H27N2O3PS/c1-5-18(25-26(4)23-12-8-11-21)17-14-20(27)24-19-13-15(9-10-16(17)19)22(6-2)7-3/h9-10,13-14,18H,5-8,12H2,1-4H3/i1D. The van der Waals surface area contributed by atoms with Gasteiger partial charge in [0.2, 0.25) is 0 Å². The number of nitriles is 1. The molecule has 2 atom stereocenters. The van der Waals surface area contributed by atoms with Crippen molar-refractivity contribution in [3.05, 3.63) is 34.5 Å². The van der Waals surface area contributed by atoms with E-state index in [2.05, 4.69) is 30.9 Å². The SMILES string of the molecule is [2H]CCC(OP(C)OCCC#N)c1cc(=S)oc2cc(N(CC)CC)ccc12. The molecule has 1 aromatic carbocycles. The van der Waals surface area contributed by atoms with Crippen molar-refractivity contribution in [3.63, 3.8) is 0 Å². The van der Waals surface area contributed by atoms with Crippen LogP contribution in [0.3, 0.4) is 0 Å². The average Bonchev–Trinajstić information content (AvgIpc) is 2.68. The Morgan fingerprint density at radius 2 is 2.15 bits per heavy atom. The molecule has 7 heteroatoms. The van der Waals surface area contributed by atoms with Crippen LogP contribution in [0.15, 0.2) is 28.7 Å². The van der Waals surface area contributed by atoms with E-state index in [1.165, 1.54) is 0 Å². The van der Waals surface area contributed by atoms with Crippen molar-refractivity contribution in [1.29, 1.82) is 5.26 Å². The fourth-order valence-corrected chi connectivity index (χ4v) is 4.13. The van der Waals surface area contributed by atoms with Gasteiger partial charge in [-0.3, -0.25) is 0 Å². The van der Waals surface area contributed by atoms with Crippen LogP contribution in [0.25, 0.3) is 11.0 Å². The summed E-state index contributed by atoms with van der Waals surface area (Å²) in [6.07, 6.45) is 0.548. The molecule has 27 heavy (non-hydrogen) atoms. The van der Waals surface area contributed by atoms with E-state index in [1.54, 1.807) is 0 Å². The molecule has 0 aliphatic rings. The second-order valence-corrected chi connectivity index (χ2v) is 7.69. The molecule has 0 N–H and O–H groups in total. The molecule has 0 spiro atoms. The average molecular weight is 407 g/mol. The van der Waals surface area contributed by atoms with Gasteiger partial charge in [0.05, 0.1) is 25.2 Å². The Kier molecular flexibility index (Phi) is 8.04. The zero-order valence-electron chi connectivity index (χ0n) is 17.1. The molecule has 0 fully saturated rings. The van der Waals surface area contributed by atoms with Gasteiger partial charge < -0.3 is 18.4 Å². The summed E-state index contributed by atoms with van der Waals surface area (Å²) in [7, 11) is -1.16. The Labute approximate surface area is 169 Å². The highest BCUT2D eigenvalue weighted by atomic mass is 32.1. The van der Waals surface area contributed by atoms with Crippen molar-refractivity contribution in [3.8, 4) is 6.07 Å². The van der Waals surface area contributed by atoms with Gasteiger partial charge in [-0.25, -0.2) is 0 Å². The zero-order chi connectivity index (χ0) is 20.5. The Morgan fingerprint density at radius 3 is 2.81 bits per heavy atom. The molecule has 0 bridgehead atoms. The van der Waals surface area contributed by atoms with Crippen LogP contribution in [0.1, 0.15) is 46.6 Å². The second-order valence-electron chi connectivity index (χ2n) is 5.94. The number of nitrogens with zero attached hydrogens (tertiary/aromatic N) is 2. The smallest absolute Gasteiger partial charge is 0.191 e. The van der Waals surface area contributed by atoms with Gasteiger partial charge in [-0.1, -0.05) is 6.90 Å². The number of fused-ring (bicyclic) bond motifs is 1. The van der Waals surface area contributed by atoms with Crippen LogP contribution in [0, 0.1) is 16.0 Å². The molecule has 2 rings (SSSR count). The maximum absolute atomic E-state index is 8.66. The van der Waals surface area contributed by atoms with Crippen molar-refractivity contribution in [1.82, 2.24) is 0 Å². The van der Waals surface area contributed by atoms with Crippen LogP contribution in [0.4, 0.5) is 5.69 Å². The largest absolute Gasteiger partial charge is 0.445 e. The molecule has 0 aliphatic heterocycles. The van der Waals surface area contributed by atoms with E-state index in [-0.39, 0.29) is 13.0 Å². The summed E-state index contributed by atoms with van der Waals surface area (Å²) >= 11 is 5.35. The predicted molar refractivity (Wildman–Crippen MR) is 114 cm³/mol. The fourth-order valence-electron chi connectivity index (χ4n) is 2.92. The molecule has 2 aromatic rings. The molecule has 1 aromatic heterocycles. The lowest BCUT2D eigenvalue weighted by Gasteiger charge is -2.23. The fraction of sp³-hybridized carbons (Fsp3) is 0.500. The van der Waals surface area contributed by atoms with Gasteiger partial charge in [0, 0.05) is 38.3 Å². The van der Waals surface area contributed by atoms with Crippen molar-refractivity contribution in [2.45, 2.75) is 39.7 Å². The number of hydrogen-bond acceptors (Lipinski definition) is 6. The molecule has 0 amide bonds. The third kappa shape index (κ3) is 5.73. The molecule has 0 saturated carbocycles. The number of hydrogen-bond donors (Lipinski definition) is 0. The van der Waals surface area contributed by atoms with E-state index in [0.717, 1.165) is 35.3 Å². The third-order valence-corrected chi connectivity index (χ3v) is 5.56. The zero-order valence-corrected chi connectivity index (χ0v) is 17.8. The Hall–Kier alpha value is -1.51. The lowest BCUT2D eigenvalue weighted by molar-refractivity contribution is 0.181. The van der Waals surface area contributed by atoms with E-state index in [1.807, 2.05) is 24.9 Å². The van der Waals surface area contributed by atoms with Gasteiger partial charge in [-0.15, -0.1) is 0 Å². The summed E-state index contributed by atoms with van der Waals surface area (Å²) in [5, 5.41) is 9.59. The molecule has 2 unspecified atom stereocenters. The first kappa shape index (κ1) is 20.2. The van der Waals surface area contributed by atoms with Gasteiger partial charge >= 0.3 is 0 Å². The molecule has 146 valence electrons. The molecule has 0 saturated heterocycles. The Morgan fingerprint density at radius 1 is 1.37 bits per heavy atom. The van der Waals surface area contributed by atoms with Crippen molar-refractivity contribution < 1.29 is 14.8 Å². The number of anilines is 1. The van der Waals surface area contributed by atoms with E-state index in [4.69, 9.17) is 32.3 Å². The summed E-state index contributed by atoms with van der Waals surface area (Å²) in [4.78, 5) is 2.25. The number of benzene rings is 1. The summed E-state index contributed by atoms with van der Waals surface area (Å²) in [6.45, 7) is 8.49. The van der Waals surface area contributed by atoms with Crippen LogP contribution >= 0.6 is 20.6 Å². The van der Waals surface area contributed by atoms with Crippen LogP contribution in [-0.4, -0.2) is 26.4 Å². The van der Waals surface area contributed by atoms with E-state index >= 15 is 0 Å². The summed E-state index contributed by atoms with van der Waals surface area (Å²) in [5.74, 6) is 0. The maximum Gasteiger partial charge on any atom is 0.191 e. The van der Waals surface area contributed by atoms with Gasteiger partial charge in [-0.2, -0.15) is 5.26 Å². The quantitative estimate of drug-likeness (QED) is 0.260. The van der Waals surface area contributed by atoms with E-state index in [9.17, 15) is 0 Å². The first-order chi connectivity index (χ1) is 13.5. The monoisotopic (exact) mass is 407 g/mol. The van der Waals surface area contributed by atoms with Crippen molar-refractivity contribution in [2.24, 2.45) is 0 Å². The lowest BCUT2D eigenvalue weighted by Crippen LogP contribution is -2.21. The first-order valence-corrected chi connectivity index (χ1v) is 11.1. The minimum Gasteiger partial charge on any atom is -0.445 e. The molecule has 1 heterocycles. The minimum absolute atomic E-state index is 0.226.